The number of nitrogens with one attached hydrogen (secondary N) is 2. The highest BCUT2D eigenvalue weighted by atomic mass is 19.4. The number of hydrogen-bond acceptors (Lipinski definition) is 5. The van der Waals surface area contributed by atoms with E-state index >= 15 is 0 Å². The number of urea groups is 1. The minimum Gasteiger partial charge on any atom is -0.495 e. The number of hydrogen-bond donors (Lipinski definition) is 3. The van der Waals surface area contributed by atoms with Crippen molar-refractivity contribution in [3.63, 3.8) is 0 Å². The van der Waals surface area contributed by atoms with E-state index in [2.05, 4.69) is 15.6 Å². The van der Waals surface area contributed by atoms with Crippen molar-refractivity contribution in [2.24, 2.45) is 0 Å². The monoisotopic (exact) mass is 479 g/mol. The Morgan fingerprint density at radius 2 is 1.79 bits per heavy atom. The Morgan fingerprint density at radius 1 is 1.06 bits per heavy atom. The molecule has 12 heteroatoms. The Bertz CT molecular complexity index is 1220. The van der Waals surface area contributed by atoms with Gasteiger partial charge in [0.05, 0.1) is 18.4 Å². The summed E-state index contributed by atoms with van der Waals surface area (Å²) in [7, 11) is 1.24. The van der Waals surface area contributed by atoms with Crippen LogP contribution in [0, 0.1) is 5.82 Å². The number of carbonyl (C=O) groups is 2. The molecular weight excluding hydrogens is 462 g/mol. The zero-order valence-corrected chi connectivity index (χ0v) is 17.4. The van der Waals surface area contributed by atoms with Crippen molar-refractivity contribution < 1.29 is 41.7 Å². The van der Waals surface area contributed by atoms with Crippen LogP contribution >= 0.6 is 0 Å². The molecule has 1 heterocycles. The third-order valence-electron chi connectivity index (χ3n) is 4.40. The number of carbonyl (C=O) groups excluding carboxylic acids is 1. The minimum atomic E-state index is -4.61. The van der Waals surface area contributed by atoms with E-state index in [0.29, 0.717) is 5.56 Å². The Kier molecular flexibility index (Phi) is 7.19. The summed E-state index contributed by atoms with van der Waals surface area (Å²) in [6, 6.07) is 8.09. The Morgan fingerprint density at radius 3 is 2.44 bits per heavy atom. The number of anilines is 1. The number of rotatable bonds is 7. The van der Waals surface area contributed by atoms with Crippen LogP contribution in [0.4, 0.5) is 28.0 Å². The molecule has 0 atom stereocenters. The van der Waals surface area contributed by atoms with Gasteiger partial charge in [-0.25, -0.2) is 19.0 Å². The molecule has 0 radical (unpaired) electrons. The van der Waals surface area contributed by atoms with Crippen molar-refractivity contribution >= 4 is 17.7 Å². The van der Waals surface area contributed by atoms with Crippen LogP contribution in [0.5, 0.6) is 17.2 Å². The van der Waals surface area contributed by atoms with Crippen molar-refractivity contribution in [1.82, 2.24) is 10.3 Å². The highest BCUT2D eigenvalue weighted by Crippen LogP contribution is 2.35. The number of aromatic carboxylic acids is 1. The molecule has 0 unspecified atom stereocenters. The normalized spacial score (nSPS) is 11.0. The average molecular weight is 479 g/mol. The van der Waals surface area contributed by atoms with Crippen LogP contribution in [0.1, 0.15) is 21.6 Å². The van der Waals surface area contributed by atoms with Crippen LogP contribution in [0.3, 0.4) is 0 Å². The third kappa shape index (κ3) is 6.12. The first-order valence-corrected chi connectivity index (χ1v) is 9.52. The lowest BCUT2D eigenvalue weighted by Gasteiger charge is -2.14. The number of nitrogens with zero attached hydrogens (tertiary/aromatic N) is 1. The molecule has 0 aliphatic carbocycles. The van der Waals surface area contributed by atoms with Gasteiger partial charge in [0.2, 0.25) is 0 Å². The van der Waals surface area contributed by atoms with Crippen molar-refractivity contribution in [1.29, 1.82) is 0 Å². The quantitative estimate of drug-likeness (QED) is 0.409. The van der Waals surface area contributed by atoms with Crippen LogP contribution < -0.4 is 20.1 Å². The number of aromatic nitrogens is 1. The summed E-state index contributed by atoms with van der Waals surface area (Å²) in [6.07, 6.45) is -3.40. The van der Waals surface area contributed by atoms with E-state index < -0.39 is 29.6 Å². The fourth-order valence-corrected chi connectivity index (χ4v) is 2.79. The molecule has 2 aromatic carbocycles. The van der Waals surface area contributed by atoms with E-state index in [1.54, 1.807) is 0 Å². The van der Waals surface area contributed by atoms with E-state index in [0.717, 1.165) is 30.3 Å². The molecule has 1 aromatic heterocycles. The molecule has 34 heavy (non-hydrogen) atoms. The number of ether oxygens (including phenoxy) is 2. The summed E-state index contributed by atoms with van der Waals surface area (Å²) in [4.78, 5) is 26.8. The van der Waals surface area contributed by atoms with Crippen molar-refractivity contribution in [2.75, 3.05) is 12.4 Å². The molecule has 3 rings (SSSR count). The van der Waals surface area contributed by atoms with Gasteiger partial charge in [-0.1, -0.05) is 6.07 Å². The molecule has 0 saturated carbocycles. The summed E-state index contributed by atoms with van der Waals surface area (Å²) >= 11 is 0. The average Bonchev–Trinajstić information content (AvgIpc) is 2.79. The number of pyridine rings is 1. The van der Waals surface area contributed by atoms with Crippen LogP contribution in [0.25, 0.3) is 0 Å². The van der Waals surface area contributed by atoms with Gasteiger partial charge >= 0.3 is 18.2 Å². The Balaban J connectivity index is 1.64. The highest BCUT2D eigenvalue weighted by molar-refractivity contribution is 5.91. The van der Waals surface area contributed by atoms with E-state index in [1.165, 1.54) is 31.5 Å². The van der Waals surface area contributed by atoms with Gasteiger partial charge in [0, 0.05) is 18.8 Å². The highest BCUT2D eigenvalue weighted by Gasteiger charge is 2.31. The summed E-state index contributed by atoms with van der Waals surface area (Å²) in [5, 5.41) is 13.6. The van der Waals surface area contributed by atoms with Crippen molar-refractivity contribution in [3.05, 3.63) is 77.4 Å². The number of benzene rings is 2. The smallest absolute Gasteiger partial charge is 0.416 e. The molecule has 178 valence electrons. The lowest BCUT2D eigenvalue weighted by atomic mass is 10.2. The van der Waals surface area contributed by atoms with Gasteiger partial charge in [0.25, 0.3) is 0 Å². The van der Waals surface area contributed by atoms with E-state index in [4.69, 9.17) is 14.6 Å². The first-order valence-electron chi connectivity index (χ1n) is 9.52. The van der Waals surface area contributed by atoms with Gasteiger partial charge in [-0.15, -0.1) is 0 Å². The van der Waals surface area contributed by atoms with Gasteiger partial charge < -0.3 is 25.2 Å². The second-order valence-corrected chi connectivity index (χ2v) is 6.77. The van der Waals surface area contributed by atoms with Crippen LogP contribution in [0.15, 0.2) is 54.7 Å². The van der Waals surface area contributed by atoms with Gasteiger partial charge in [-0.3, -0.25) is 0 Å². The van der Waals surface area contributed by atoms with Crippen molar-refractivity contribution in [2.45, 2.75) is 12.7 Å². The summed E-state index contributed by atoms with van der Waals surface area (Å²) in [5.41, 5.74) is -1.10. The number of alkyl halides is 3. The van der Waals surface area contributed by atoms with Gasteiger partial charge in [0.1, 0.15) is 11.5 Å². The number of halogens is 4. The molecule has 0 spiro atoms. The van der Waals surface area contributed by atoms with Crippen LogP contribution in [-0.4, -0.2) is 29.2 Å². The third-order valence-corrected chi connectivity index (χ3v) is 4.40. The first kappa shape index (κ1) is 24.3. The molecule has 8 nitrogen and oxygen atoms in total. The van der Waals surface area contributed by atoms with Gasteiger partial charge in [-0.05, 0) is 42.0 Å². The maximum absolute atomic E-state index is 14.4. The summed E-state index contributed by atoms with van der Waals surface area (Å²) < 4.78 is 63.5. The van der Waals surface area contributed by atoms with Crippen molar-refractivity contribution in [3.8, 4) is 17.2 Å². The number of carboxylic acids is 1. The maximum Gasteiger partial charge on any atom is 0.416 e. The van der Waals surface area contributed by atoms with Crippen LogP contribution in [0.2, 0.25) is 0 Å². The Hall–Kier alpha value is -4.35. The van der Waals surface area contributed by atoms with E-state index in [-0.39, 0.29) is 35.2 Å². The molecule has 0 aliphatic rings. The fourth-order valence-electron chi connectivity index (χ4n) is 2.79. The summed E-state index contributed by atoms with van der Waals surface area (Å²) in [5.74, 6) is -2.16. The van der Waals surface area contributed by atoms with E-state index in [1.807, 2.05) is 0 Å². The minimum absolute atomic E-state index is 0.0258. The molecule has 0 aliphatic heterocycles. The van der Waals surface area contributed by atoms with E-state index in [9.17, 15) is 27.2 Å². The van der Waals surface area contributed by atoms with Gasteiger partial charge in [0.15, 0.2) is 17.3 Å². The second-order valence-electron chi connectivity index (χ2n) is 6.77. The molecule has 3 aromatic rings. The number of methoxy groups -OCH3 is 1. The SMILES string of the molecule is COc1ccc(C(F)(F)F)cc1NC(=O)NCc1ccc(Oc2ccnc(C(=O)O)c2)c(F)c1. The predicted octanol–water partition coefficient (Wildman–Crippen LogP) is 5.06. The topological polar surface area (TPSA) is 110 Å². The molecule has 0 bridgehead atoms. The molecule has 0 saturated heterocycles. The lowest BCUT2D eigenvalue weighted by molar-refractivity contribution is -0.137. The van der Waals surface area contributed by atoms with Gasteiger partial charge in [-0.2, -0.15) is 13.2 Å². The number of carboxylic acid groups (broad SMARTS) is 1. The van der Waals surface area contributed by atoms with Crippen LogP contribution in [-0.2, 0) is 12.7 Å². The largest absolute Gasteiger partial charge is 0.495 e. The number of amides is 2. The fraction of sp³-hybridized carbons (Fsp3) is 0.136. The molecule has 2 amide bonds. The first-order chi connectivity index (χ1) is 16.1. The zero-order chi connectivity index (χ0) is 24.9. The maximum atomic E-state index is 14.4. The zero-order valence-electron chi connectivity index (χ0n) is 17.4. The second kappa shape index (κ2) is 10.1. The molecule has 0 fully saturated rings. The lowest BCUT2D eigenvalue weighted by Crippen LogP contribution is -2.28. The molecule has 3 N–H and O–H groups in total. The molecular formula is C22H17F4N3O5. The predicted molar refractivity (Wildman–Crippen MR) is 112 cm³/mol. The Labute approximate surface area is 190 Å². The summed E-state index contributed by atoms with van der Waals surface area (Å²) in [6.45, 7) is -0.150. The standard InChI is InChI=1S/C22H17F4N3O5/c1-33-19-5-3-13(22(24,25)26)9-16(19)29-21(32)28-11-12-2-4-18(15(23)8-12)34-14-6-7-27-17(10-14)20(30)31/h2-10H,11H2,1H3,(H,30,31)(H2,28,29,32).